The first-order valence-corrected chi connectivity index (χ1v) is 9.27. The SMILES string of the molecule is O=C1OC[C@@]2(OC[C@H](Nc3ccccc3)[C@H]2O)N1CC1CCCCC1. The fraction of sp³-hybridized carbons (Fsp3) is 0.632. The lowest BCUT2D eigenvalue weighted by molar-refractivity contribution is -0.135. The molecule has 1 aliphatic carbocycles. The summed E-state index contributed by atoms with van der Waals surface area (Å²) in [7, 11) is 0. The lowest BCUT2D eigenvalue weighted by Gasteiger charge is -2.37. The van der Waals surface area contributed by atoms with Gasteiger partial charge >= 0.3 is 6.09 Å². The number of hydrogen-bond acceptors (Lipinski definition) is 5. The second-order valence-electron chi connectivity index (χ2n) is 7.39. The molecule has 2 saturated heterocycles. The number of nitrogens with zero attached hydrogens (tertiary/aromatic N) is 1. The van der Waals surface area contributed by atoms with E-state index in [1.54, 1.807) is 4.90 Å². The molecule has 1 amide bonds. The molecule has 0 radical (unpaired) electrons. The van der Waals surface area contributed by atoms with Crippen LogP contribution in [0.5, 0.6) is 0 Å². The highest BCUT2D eigenvalue weighted by Crippen LogP contribution is 2.38. The minimum Gasteiger partial charge on any atom is -0.444 e. The van der Waals surface area contributed by atoms with Crippen molar-refractivity contribution in [3.05, 3.63) is 30.3 Å². The summed E-state index contributed by atoms with van der Waals surface area (Å²) in [5.74, 6) is 0.466. The lowest BCUT2D eigenvalue weighted by atomic mass is 9.88. The summed E-state index contributed by atoms with van der Waals surface area (Å²) in [6, 6.07) is 9.46. The number of benzene rings is 1. The van der Waals surface area contributed by atoms with Gasteiger partial charge in [0.05, 0.1) is 12.6 Å². The van der Waals surface area contributed by atoms with E-state index in [1.807, 2.05) is 30.3 Å². The van der Waals surface area contributed by atoms with Gasteiger partial charge in [-0.05, 0) is 30.9 Å². The molecule has 6 heteroatoms. The molecular formula is C19H26N2O4. The predicted octanol–water partition coefficient (Wildman–Crippen LogP) is 2.59. The Hall–Kier alpha value is -1.79. The Kier molecular flexibility index (Phi) is 4.56. The molecular weight excluding hydrogens is 320 g/mol. The van der Waals surface area contributed by atoms with Gasteiger partial charge in [-0.2, -0.15) is 0 Å². The number of aliphatic hydroxyl groups is 1. The Labute approximate surface area is 148 Å². The monoisotopic (exact) mass is 346 g/mol. The molecule has 3 atom stereocenters. The van der Waals surface area contributed by atoms with Gasteiger partial charge in [0, 0.05) is 12.2 Å². The first-order chi connectivity index (χ1) is 12.2. The molecule has 3 aliphatic rings. The molecule has 1 aromatic rings. The third-order valence-electron chi connectivity index (χ3n) is 5.73. The molecule has 2 heterocycles. The maximum Gasteiger partial charge on any atom is 0.412 e. The molecule has 4 rings (SSSR count). The fourth-order valence-electron chi connectivity index (χ4n) is 4.29. The van der Waals surface area contributed by atoms with Gasteiger partial charge in [-0.3, -0.25) is 4.90 Å². The van der Waals surface area contributed by atoms with E-state index in [0.29, 0.717) is 19.1 Å². The van der Waals surface area contributed by atoms with E-state index in [2.05, 4.69) is 5.32 Å². The summed E-state index contributed by atoms with van der Waals surface area (Å²) in [6.45, 7) is 1.04. The first kappa shape index (κ1) is 16.7. The second-order valence-corrected chi connectivity index (χ2v) is 7.39. The maximum absolute atomic E-state index is 12.3. The Morgan fingerprint density at radius 2 is 1.96 bits per heavy atom. The Bertz CT molecular complexity index is 605. The van der Waals surface area contributed by atoms with Crippen molar-refractivity contribution in [1.29, 1.82) is 0 Å². The molecule has 1 aromatic carbocycles. The topological polar surface area (TPSA) is 71.0 Å². The zero-order valence-corrected chi connectivity index (χ0v) is 14.4. The van der Waals surface area contributed by atoms with E-state index in [0.717, 1.165) is 18.5 Å². The van der Waals surface area contributed by atoms with Crippen molar-refractivity contribution in [2.45, 2.75) is 50.0 Å². The molecule has 2 N–H and O–H groups in total. The summed E-state index contributed by atoms with van der Waals surface area (Å²) in [4.78, 5) is 14.0. The van der Waals surface area contributed by atoms with E-state index in [-0.39, 0.29) is 18.7 Å². The number of aliphatic hydroxyl groups excluding tert-OH is 1. The Balaban J connectivity index is 1.48. The lowest BCUT2D eigenvalue weighted by Crippen LogP contribution is -2.57. The van der Waals surface area contributed by atoms with Crippen LogP contribution in [0.25, 0.3) is 0 Å². The third-order valence-corrected chi connectivity index (χ3v) is 5.73. The zero-order chi connectivity index (χ0) is 17.3. The Morgan fingerprint density at radius 3 is 2.72 bits per heavy atom. The molecule has 25 heavy (non-hydrogen) atoms. The third kappa shape index (κ3) is 3.09. The van der Waals surface area contributed by atoms with Crippen LogP contribution < -0.4 is 5.32 Å². The average molecular weight is 346 g/mol. The van der Waals surface area contributed by atoms with Crippen molar-refractivity contribution in [3.8, 4) is 0 Å². The fourth-order valence-corrected chi connectivity index (χ4v) is 4.29. The number of amides is 1. The average Bonchev–Trinajstić information content (AvgIpc) is 3.13. The van der Waals surface area contributed by atoms with Gasteiger partial charge in [-0.25, -0.2) is 4.79 Å². The molecule has 3 fully saturated rings. The van der Waals surface area contributed by atoms with Gasteiger partial charge in [0.15, 0.2) is 0 Å². The molecule has 1 spiro atoms. The van der Waals surface area contributed by atoms with E-state index in [1.165, 1.54) is 19.3 Å². The van der Waals surface area contributed by atoms with Crippen LogP contribution in [0.3, 0.4) is 0 Å². The molecule has 0 aromatic heterocycles. The van der Waals surface area contributed by atoms with Gasteiger partial charge in [-0.15, -0.1) is 0 Å². The number of carbonyl (C=O) groups is 1. The zero-order valence-electron chi connectivity index (χ0n) is 14.4. The highest BCUT2D eigenvalue weighted by atomic mass is 16.6. The molecule has 2 aliphatic heterocycles. The van der Waals surface area contributed by atoms with Crippen LogP contribution in [0.2, 0.25) is 0 Å². The summed E-state index contributed by atoms with van der Waals surface area (Å²) in [6.07, 6.45) is 4.75. The molecule has 136 valence electrons. The second kappa shape index (κ2) is 6.84. The van der Waals surface area contributed by atoms with Gasteiger partial charge in [0.1, 0.15) is 12.7 Å². The van der Waals surface area contributed by atoms with Gasteiger partial charge < -0.3 is 19.9 Å². The van der Waals surface area contributed by atoms with Crippen molar-refractivity contribution in [3.63, 3.8) is 0 Å². The normalized spacial score (nSPS) is 33.0. The van der Waals surface area contributed by atoms with Crippen LogP contribution in [0.1, 0.15) is 32.1 Å². The number of carbonyl (C=O) groups excluding carboxylic acids is 1. The maximum atomic E-state index is 12.3. The van der Waals surface area contributed by atoms with Crippen molar-refractivity contribution < 1.29 is 19.4 Å². The number of ether oxygens (including phenoxy) is 2. The largest absolute Gasteiger partial charge is 0.444 e. The molecule has 1 saturated carbocycles. The quantitative estimate of drug-likeness (QED) is 0.877. The molecule has 6 nitrogen and oxygen atoms in total. The number of anilines is 1. The van der Waals surface area contributed by atoms with Crippen molar-refractivity contribution in [2.75, 3.05) is 25.1 Å². The number of nitrogens with one attached hydrogen (secondary N) is 1. The summed E-state index contributed by atoms with van der Waals surface area (Å²) in [5, 5.41) is 14.3. The Morgan fingerprint density at radius 1 is 1.20 bits per heavy atom. The minimum absolute atomic E-state index is 0.0900. The summed E-state index contributed by atoms with van der Waals surface area (Å²) in [5.41, 5.74) is -0.127. The van der Waals surface area contributed by atoms with E-state index in [9.17, 15) is 9.90 Å². The minimum atomic E-state index is -1.05. The molecule has 0 bridgehead atoms. The predicted molar refractivity (Wildman–Crippen MR) is 93.2 cm³/mol. The van der Waals surface area contributed by atoms with Gasteiger partial charge in [0.25, 0.3) is 0 Å². The van der Waals surface area contributed by atoms with Crippen LogP contribution >= 0.6 is 0 Å². The van der Waals surface area contributed by atoms with Crippen molar-refractivity contribution >= 4 is 11.8 Å². The van der Waals surface area contributed by atoms with Crippen LogP contribution in [0.4, 0.5) is 10.5 Å². The highest BCUT2D eigenvalue weighted by molar-refractivity contribution is 5.71. The summed E-state index contributed by atoms with van der Waals surface area (Å²) < 4.78 is 11.3. The van der Waals surface area contributed by atoms with Crippen LogP contribution in [-0.4, -0.2) is 53.7 Å². The smallest absolute Gasteiger partial charge is 0.412 e. The van der Waals surface area contributed by atoms with E-state index in [4.69, 9.17) is 9.47 Å². The van der Waals surface area contributed by atoms with Crippen LogP contribution in [-0.2, 0) is 9.47 Å². The standard InChI is InChI=1S/C19H26N2O4/c22-17-16(20-15-9-5-2-6-10-15)12-25-19(17)13-24-18(23)21(19)11-14-7-3-1-4-8-14/h2,5-6,9-10,14,16-17,20,22H,1,3-4,7-8,11-13H2/t16-,17+,19-/m0/s1. The van der Waals surface area contributed by atoms with Crippen molar-refractivity contribution in [2.24, 2.45) is 5.92 Å². The number of hydrogen-bond donors (Lipinski definition) is 2. The highest BCUT2D eigenvalue weighted by Gasteiger charge is 2.60. The van der Waals surface area contributed by atoms with Crippen LogP contribution in [0.15, 0.2) is 30.3 Å². The van der Waals surface area contributed by atoms with Gasteiger partial charge in [-0.1, -0.05) is 37.5 Å². The molecule has 0 unspecified atom stereocenters. The number of para-hydroxylation sites is 1. The van der Waals surface area contributed by atoms with Crippen LogP contribution in [0, 0.1) is 5.92 Å². The number of cyclic esters (lactones) is 1. The van der Waals surface area contributed by atoms with Crippen molar-refractivity contribution in [1.82, 2.24) is 4.90 Å². The van der Waals surface area contributed by atoms with E-state index >= 15 is 0 Å². The van der Waals surface area contributed by atoms with Gasteiger partial charge in [0.2, 0.25) is 5.72 Å². The number of rotatable bonds is 4. The first-order valence-electron chi connectivity index (χ1n) is 9.27. The van der Waals surface area contributed by atoms with E-state index < -0.39 is 11.8 Å². The summed E-state index contributed by atoms with van der Waals surface area (Å²) >= 11 is 0.